The van der Waals surface area contributed by atoms with Crippen LogP contribution in [-0.4, -0.2) is 37.1 Å². The zero-order chi connectivity index (χ0) is 13.1. The minimum atomic E-state index is -0.00713. The van der Waals surface area contributed by atoms with E-state index in [1.807, 2.05) is 0 Å². The predicted molar refractivity (Wildman–Crippen MR) is 73.0 cm³/mol. The summed E-state index contributed by atoms with van der Waals surface area (Å²) in [4.78, 5) is 8.82. The van der Waals surface area contributed by atoms with Crippen molar-refractivity contribution in [3.63, 3.8) is 0 Å². The summed E-state index contributed by atoms with van der Waals surface area (Å²) in [5.41, 5.74) is 0. The van der Waals surface area contributed by atoms with Crippen LogP contribution >= 0.6 is 0 Å². The summed E-state index contributed by atoms with van der Waals surface area (Å²) in [6.07, 6.45) is -0.0143. The molecule has 0 saturated heterocycles. The van der Waals surface area contributed by atoms with E-state index in [1.54, 1.807) is 0 Å². The Labute approximate surface area is 108 Å². The molecule has 6 heteroatoms. The van der Waals surface area contributed by atoms with Crippen LogP contribution in [0.1, 0.15) is 27.7 Å². The van der Waals surface area contributed by atoms with Gasteiger partial charge in [-0.15, -0.1) is 0 Å². The highest BCUT2D eigenvalue weighted by atomic mass is 15.3. The zero-order valence-electron chi connectivity index (χ0n) is 11.5. The third-order valence-electron chi connectivity index (χ3n) is 2.94. The summed E-state index contributed by atoms with van der Waals surface area (Å²) in [6, 6.07) is 0. The van der Waals surface area contributed by atoms with Gasteiger partial charge in [-0.25, -0.2) is 0 Å². The second-order valence-corrected chi connectivity index (χ2v) is 5.31. The lowest BCUT2D eigenvalue weighted by Gasteiger charge is -2.11. The van der Waals surface area contributed by atoms with Gasteiger partial charge in [0.05, 0.1) is 13.1 Å². The van der Waals surface area contributed by atoms with Gasteiger partial charge in [0.1, 0.15) is 11.7 Å². The van der Waals surface area contributed by atoms with Crippen molar-refractivity contribution in [3.8, 4) is 0 Å². The Bertz CT molecular complexity index is 346. The standard InChI is InChI=1S/C12H22N6/c1-7(2)11-13-5-9(15-11)17-18-10-6-14-12(16-10)8(3)4/h7-10H,5-6H2,1-4H3,(H,13,15)(H,14,16). The van der Waals surface area contributed by atoms with E-state index in [9.17, 15) is 0 Å². The molecule has 6 nitrogen and oxygen atoms in total. The molecule has 2 aliphatic heterocycles. The highest BCUT2D eigenvalue weighted by molar-refractivity contribution is 5.86. The van der Waals surface area contributed by atoms with E-state index in [0.29, 0.717) is 24.9 Å². The molecule has 0 aromatic carbocycles. The highest BCUT2D eigenvalue weighted by Gasteiger charge is 2.21. The molecule has 0 spiro atoms. The quantitative estimate of drug-likeness (QED) is 0.740. The van der Waals surface area contributed by atoms with Crippen LogP contribution in [-0.2, 0) is 0 Å². The summed E-state index contributed by atoms with van der Waals surface area (Å²) < 4.78 is 0. The van der Waals surface area contributed by atoms with Crippen LogP contribution < -0.4 is 10.6 Å². The second kappa shape index (κ2) is 5.46. The molecule has 0 amide bonds. The van der Waals surface area contributed by atoms with Crippen LogP contribution in [0.2, 0.25) is 0 Å². The van der Waals surface area contributed by atoms with Crippen molar-refractivity contribution >= 4 is 11.7 Å². The second-order valence-electron chi connectivity index (χ2n) is 5.31. The largest absolute Gasteiger partial charge is 0.349 e. The lowest BCUT2D eigenvalue weighted by atomic mass is 10.2. The average Bonchev–Trinajstić information content (AvgIpc) is 2.95. The van der Waals surface area contributed by atoms with Crippen LogP contribution in [0.3, 0.4) is 0 Å². The lowest BCUT2D eigenvalue weighted by Crippen LogP contribution is -2.33. The van der Waals surface area contributed by atoms with E-state index in [0.717, 1.165) is 11.7 Å². The molecule has 2 aliphatic rings. The molecule has 2 atom stereocenters. The summed E-state index contributed by atoms with van der Waals surface area (Å²) in [5.74, 6) is 2.89. The van der Waals surface area contributed by atoms with E-state index in [1.165, 1.54) is 0 Å². The molecule has 0 bridgehead atoms. The van der Waals surface area contributed by atoms with Gasteiger partial charge in [0.2, 0.25) is 0 Å². The van der Waals surface area contributed by atoms with Crippen LogP contribution in [0.15, 0.2) is 20.2 Å². The van der Waals surface area contributed by atoms with Gasteiger partial charge in [-0.05, 0) is 0 Å². The van der Waals surface area contributed by atoms with Gasteiger partial charge in [-0.2, -0.15) is 10.2 Å². The molecule has 100 valence electrons. The summed E-state index contributed by atoms with van der Waals surface area (Å²) in [7, 11) is 0. The number of hydrogen-bond donors (Lipinski definition) is 2. The van der Waals surface area contributed by atoms with Gasteiger partial charge in [0, 0.05) is 11.8 Å². The van der Waals surface area contributed by atoms with Gasteiger partial charge in [-0.3, -0.25) is 9.98 Å². The lowest BCUT2D eigenvalue weighted by molar-refractivity contribution is 0.568. The molecule has 18 heavy (non-hydrogen) atoms. The fourth-order valence-electron chi connectivity index (χ4n) is 1.88. The number of nitrogens with zero attached hydrogens (tertiary/aromatic N) is 4. The smallest absolute Gasteiger partial charge is 0.160 e. The van der Waals surface area contributed by atoms with Crippen LogP contribution in [0.4, 0.5) is 0 Å². The van der Waals surface area contributed by atoms with Gasteiger partial charge in [0.25, 0.3) is 0 Å². The predicted octanol–water partition coefficient (Wildman–Crippen LogP) is 1.41. The van der Waals surface area contributed by atoms with Crippen molar-refractivity contribution in [2.24, 2.45) is 32.0 Å². The SMILES string of the molecule is CC(C)C1=NCC(N=NC2CN=C(C(C)C)N2)N1. The number of aliphatic imine (C=N–C) groups is 2. The minimum Gasteiger partial charge on any atom is -0.349 e. The average molecular weight is 250 g/mol. The summed E-state index contributed by atoms with van der Waals surface area (Å²) >= 11 is 0. The van der Waals surface area contributed by atoms with Crippen molar-refractivity contribution in [2.45, 2.75) is 40.0 Å². The molecule has 0 aromatic heterocycles. The Morgan fingerprint density at radius 2 is 1.28 bits per heavy atom. The molecule has 0 aromatic rings. The first kappa shape index (κ1) is 13.0. The van der Waals surface area contributed by atoms with Crippen LogP contribution in [0.5, 0.6) is 0 Å². The molecular formula is C12H22N6. The molecule has 2 heterocycles. The van der Waals surface area contributed by atoms with Gasteiger partial charge >= 0.3 is 0 Å². The first-order chi connectivity index (χ1) is 8.56. The third-order valence-corrected chi connectivity index (χ3v) is 2.94. The monoisotopic (exact) mass is 250 g/mol. The Kier molecular flexibility index (Phi) is 3.93. The Morgan fingerprint density at radius 3 is 1.56 bits per heavy atom. The molecule has 0 fully saturated rings. The fourth-order valence-corrected chi connectivity index (χ4v) is 1.88. The van der Waals surface area contributed by atoms with E-state index < -0.39 is 0 Å². The molecule has 0 saturated carbocycles. The van der Waals surface area contributed by atoms with Crippen molar-refractivity contribution in [3.05, 3.63) is 0 Å². The Morgan fingerprint density at radius 1 is 0.889 bits per heavy atom. The number of rotatable bonds is 4. The zero-order valence-corrected chi connectivity index (χ0v) is 11.5. The molecule has 2 unspecified atom stereocenters. The topological polar surface area (TPSA) is 73.5 Å². The first-order valence-electron chi connectivity index (χ1n) is 6.58. The fraction of sp³-hybridized carbons (Fsp3) is 0.833. The van der Waals surface area contributed by atoms with Crippen molar-refractivity contribution in [1.82, 2.24) is 10.6 Å². The van der Waals surface area contributed by atoms with Gasteiger partial charge in [0.15, 0.2) is 12.3 Å². The summed E-state index contributed by atoms with van der Waals surface area (Å²) in [6.45, 7) is 9.84. The highest BCUT2D eigenvalue weighted by Crippen LogP contribution is 2.08. The van der Waals surface area contributed by atoms with Gasteiger partial charge in [-0.1, -0.05) is 27.7 Å². The minimum absolute atomic E-state index is 0.00713. The third kappa shape index (κ3) is 3.05. The van der Waals surface area contributed by atoms with E-state index in [-0.39, 0.29) is 12.3 Å². The van der Waals surface area contributed by atoms with Crippen molar-refractivity contribution in [1.29, 1.82) is 0 Å². The molecular weight excluding hydrogens is 228 g/mol. The van der Waals surface area contributed by atoms with Crippen molar-refractivity contribution in [2.75, 3.05) is 13.1 Å². The molecule has 0 aliphatic carbocycles. The molecule has 0 radical (unpaired) electrons. The summed E-state index contributed by atoms with van der Waals surface area (Å²) in [5, 5.41) is 15.1. The maximum atomic E-state index is 4.41. The molecule has 2 N–H and O–H groups in total. The first-order valence-corrected chi connectivity index (χ1v) is 6.58. The number of azo groups is 1. The van der Waals surface area contributed by atoms with E-state index in [2.05, 4.69) is 58.5 Å². The maximum Gasteiger partial charge on any atom is 0.160 e. The Hall–Kier alpha value is -1.46. The van der Waals surface area contributed by atoms with Crippen molar-refractivity contribution < 1.29 is 0 Å². The maximum absolute atomic E-state index is 4.41. The van der Waals surface area contributed by atoms with E-state index in [4.69, 9.17) is 0 Å². The molecule has 2 rings (SSSR count). The van der Waals surface area contributed by atoms with Gasteiger partial charge < -0.3 is 10.6 Å². The number of hydrogen-bond acceptors (Lipinski definition) is 6. The van der Waals surface area contributed by atoms with Crippen LogP contribution in [0.25, 0.3) is 0 Å². The number of nitrogens with one attached hydrogen (secondary N) is 2. The van der Waals surface area contributed by atoms with E-state index >= 15 is 0 Å². The number of amidine groups is 2. The Balaban J connectivity index is 1.78. The normalized spacial score (nSPS) is 27.7. The van der Waals surface area contributed by atoms with Crippen LogP contribution in [0, 0.1) is 11.8 Å².